The number of hydrogen-bond acceptors (Lipinski definition) is 6. The van der Waals surface area contributed by atoms with E-state index in [-0.39, 0.29) is 20.0 Å². The molecule has 0 N–H and O–H groups in total. The maximum Gasteiger partial charge on any atom is 0.420 e. The van der Waals surface area contributed by atoms with Gasteiger partial charge in [-0.1, -0.05) is 0 Å². The molecule has 0 atom stereocenters. The Morgan fingerprint density at radius 1 is 1.46 bits per heavy atom. The average molecular weight is 189 g/mol. The second-order valence-corrected chi connectivity index (χ2v) is 2.37. The molecular weight excluding hydrogens is 180 g/mol. The van der Waals surface area contributed by atoms with Gasteiger partial charge in [0.1, 0.15) is 12.7 Å². The maximum absolute atomic E-state index is 11.1. The molecule has 1 rings (SSSR count). The van der Waals surface area contributed by atoms with E-state index in [1.54, 1.807) is 0 Å². The number of rotatable bonds is 4. The zero-order chi connectivity index (χ0) is 9.52. The van der Waals surface area contributed by atoms with Gasteiger partial charge in [0.05, 0.1) is 13.2 Å². The smallest absolute Gasteiger partial charge is 0.420 e. The van der Waals surface area contributed by atoms with Gasteiger partial charge in [0.2, 0.25) is 6.79 Å². The monoisotopic (exact) mass is 189 g/mol. The predicted octanol–water partition coefficient (Wildman–Crippen LogP) is -0.809. The summed E-state index contributed by atoms with van der Waals surface area (Å²) in [6.07, 6.45) is 0. The lowest BCUT2D eigenvalue weighted by molar-refractivity contribution is -0.176. The molecule has 1 aliphatic heterocycles. The molecule has 0 unspecified atom stereocenters. The molecule has 1 radical (unpaired) electrons. The van der Waals surface area contributed by atoms with Gasteiger partial charge in [0, 0.05) is 0 Å². The quantitative estimate of drug-likeness (QED) is 0.327. The highest BCUT2D eigenvalue weighted by Crippen LogP contribution is 2.07. The molecule has 1 heterocycles. The molecule has 0 bridgehead atoms. The van der Waals surface area contributed by atoms with Crippen molar-refractivity contribution in [3.63, 3.8) is 0 Å². The molecule has 13 heavy (non-hydrogen) atoms. The van der Waals surface area contributed by atoms with Crippen LogP contribution in [0.25, 0.3) is 0 Å². The average Bonchev–Trinajstić information content (AvgIpc) is 2.19. The first-order valence-corrected chi connectivity index (χ1v) is 3.65. The van der Waals surface area contributed by atoms with E-state index in [9.17, 15) is 9.59 Å². The Morgan fingerprint density at radius 3 is 2.77 bits per heavy atom. The lowest BCUT2D eigenvalue weighted by Gasteiger charge is -2.20. The zero-order valence-corrected chi connectivity index (χ0v) is 6.86. The van der Waals surface area contributed by atoms with Gasteiger partial charge in [0.25, 0.3) is 0 Å². The molecule has 0 aromatic carbocycles. The number of carbonyl (C=O) groups excluding carboxylic acids is 2. The van der Waals surface area contributed by atoms with Crippen molar-refractivity contribution in [3.8, 4) is 0 Å². The first kappa shape index (κ1) is 9.94. The van der Waals surface area contributed by atoms with Gasteiger partial charge >= 0.3 is 12.4 Å². The lowest BCUT2D eigenvalue weighted by Crippen LogP contribution is -2.32. The van der Waals surface area contributed by atoms with Gasteiger partial charge in [-0.3, -0.25) is 4.79 Å². The van der Waals surface area contributed by atoms with Crippen LogP contribution >= 0.6 is 0 Å². The van der Waals surface area contributed by atoms with Crippen LogP contribution in [0.4, 0.5) is 0 Å². The Kier molecular flexibility index (Phi) is 4.20. The minimum Gasteiger partial charge on any atom is -0.427 e. The summed E-state index contributed by atoms with van der Waals surface area (Å²) < 4.78 is 18.3. The van der Waals surface area contributed by atoms with Crippen LogP contribution in [0.2, 0.25) is 0 Å². The van der Waals surface area contributed by atoms with Crippen LogP contribution < -0.4 is 0 Å². The third-order valence-corrected chi connectivity index (χ3v) is 1.46. The summed E-state index contributed by atoms with van der Waals surface area (Å²) in [5, 5.41) is 0. The summed E-state index contributed by atoms with van der Waals surface area (Å²) in [6, 6.07) is 0. The molecular formula is C7H9O6. The third kappa shape index (κ3) is 3.39. The van der Waals surface area contributed by atoms with Gasteiger partial charge < -0.3 is 18.9 Å². The molecule has 1 saturated heterocycles. The number of hydrogen-bond donors (Lipinski definition) is 0. The number of carbonyl (C=O) groups is 1. The van der Waals surface area contributed by atoms with E-state index in [1.807, 2.05) is 0 Å². The molecule has 1 fully saturated rings. The summed E-state index contributed by atoms with van der Waals surface area (Å²) in [7, 11) is 0. The topological polar surface area (TPSA) is 71.1 Å². The molecule has 0 aliphatic carbocycles. The Morgan fingerprint density at radius 2 is 2.15 bits per heavy atom. The predicted molar refractivity (Wildman–Crippen MR) is 38.0 cm³/mol. The van der Waals surface area contributed by atoms with Gasteiger partial charge in [0.15, 0.2) is 0 Å². The Labute approximate surface area is 74.7 Å². The van der Waals surface area contributed by atoms with Gasteiger partial charge in [-0.05, 0) is 0 Å². The van der Waals surface area contributed by atoms with Crippen molar-refractivity contribution >= 4 is 12.4 Å². The van der Waals surface area contributed by atoms with E-state index in [4.69, 9.17) is 9.47 Å². The highest BCUT2D eigenvalue weighted by atomic mass is 16.7. The highest BCUT2D eigenvalue weighted by molar-refractivity contribution is 5.72. The molecule has 1 aliphatic rings. The zero-order valence-electron chi connectivity index (χ0n) is 6.86. The third-order valence-electron chi connectivity index (χ3n) is 1.46. The van der Waals surface area contributed by atoms with E-state index in [2.05, 4.69) is 9.47 Å². The van der Waals surface area contributed by atoms with Crippen molar-refractivity contribution in [1.29, 1.82) is 0 Å². The molecule has 0 aromatic heterocycles. The van der Waals surface area contributed by atoms with Crippen LogP contribution in [0.3, 0.4) is 0 Å². The standard InChI is InChI=1S/C7H9O6/c8-3-12-5-13-7(9)6-1-10-4-11-2-6/h6H,1-2,4-5H2. The normalized spacial score (nSPS) is 17.8. The SMILES string of the molecule is O=[C]OCOC(=O)C1COCOC1. The Hall–Kier alpha value is -1.14. The summed E-state index contributed by atoms with van der Waals surface area (Å²) in [4.78, 5) is 20.7. The van der Waals surface area contributed by atoms with Crippen molar-refractivity contribution < 1.29 is 28.5 Å². The van der Waals surface area contributed by atoms with Crippen LogP contribution in [0.15, 0.2) is 0 Å². The van der Waals surface area contributed by atoms with Crippen LogP contribution in [-0.4, -0.2) is 39.2 Å². The van der Waals surface area contributed by atoms with E-state index >= 15 is 0 Å². The number of ether oxygens (including phenoxy) is 4. The van der Waals surface area contributed by atoms with Crippen molar-refractivity contribution in [2.75, 3.05) is 26.8 Å². The second-order valence-electron chi connectivity index (χ2n) is 2.37. The van der Waals surface area contributed by atoms with E-state index in [0.29, 0.717) is 0 Å². The summed E-state index contributed by atoms with van der Waals surface area (Å²) in [6.45, 7) is 1.45. The van der Waals surface area contributed by atoms with Crippen LogP contribution in [-0.2, 0) is 28.5 Å². The van der Waals surface area contributed by atoms with Crippen molar-refractivity contribution in [2.45, 2.75) is 0 Å². The molecule has 6 heteroatoms. The molecule has 6 nitrogen and oxygen atoms in total. The van der Waals surface area contributed by atoms with Crippen molar-refractivity contribution in [2.24, 2.45) is 5.92 Å². The molecule has 0 aromatic rings. The van der Waals surface area contributed by atoms with Crippen LogP contribution in [0.1, 0.15) is 0 Å². The Bertz CT molecular complexity index is 174. The lowest BCUT2D eigenvalue weighted by atomic mass is 10.2. The van der Waals surface area contributed by atoms with Gasteiger partial charge in [-0.15, -0.1) is 0 Å². The molecule has 73 valence electrons. The van der Waals surface area contributed by atoms with E-state index in [0.717, 1.165) is 6.47 Å². The Balaban J connectivity index is 2.17. The molecule has 0 saturated carbocycles. The summed E-state index contributed by atoms with van der Waals surface area (Å²) >= 11 is 0. The summed E-state index contributed by atoms with van der Waals surface area (Å²) in [5.74, 6) is -0.945. The van der Waals surface area contributed by atoms with Crippen molar-refractivity contribution in [3.05, 3.63) is 0 Å². The first-order chi connectivity index (χ1) is 6.34. The summed E-state index contributed by atoms with van der Waals surface area (Å²) in [5.41, 5.74) is 0. The minimum absolute atomic E-state index is 0.197. The molecule has 0 spiro atoms. The van der Waals surface area contributed by atoms with Crippen LogP contribution in [0, 0.1) is 5.92 Å². The second kappa shape index (κ2) is 5.50. The van der Waals surface area contributed by atoms with Crippen molar-refractivity contribution in [1.82, 2.24) is 0 Å². The maximum atomic E-state index is 11.1. The first-order valence-electron chi connectivity index (χ1n) is 3.65. The largest absolute Gasteiger partial charge is 0.427 e. The fourth-order valence-electron chi connectivity index (χ4n) is 0.853. The van der Waals surface area contributed by atoms with Crippen LogP contribution in [0.5, 0.6) is 0 Å². The highest BCUT2D eigenvalue weighted by Gasteiger charge is 2.23. The van der Waals surface area contributed by atoms with E-state index in [1.165, 1.54) is 0 Å². The number of esters is 1. The minimum atomic E-state index is -0.505. The fraction of sp³-hybridized carbons (Fsp3) is 0.714. The van der Waals surface area contributed by atoms with E-state index < -0.39 is 18.7 Å². The van der Waals surface area contributed by atoms with Gasteiger partial charge in [-0.25, -0.2) is 4.79 Å². The molecule has 0 amide bonds. The van der Waals surface area contributed by atoms with Gasteiger partial charge in [-0.2, -0.15) is 0 Å². The fourth-order valence-corrected chi connectivity index (χ4v) is 0.853.